The predicted octanol–water partition coefficient (Wildman–Crippen LogP) is 2.27. The highest BCUT2D eigenvalue weighted by Crippen LogP contribution is 2.20. The lowest BCUT2D eigenvalue weighted by Gasteiger charge is -2.34. The molecule has 0 spiro atoms. The average Bonchev–Trinajstić information content (AvgIpc) is 2.66. The van der Waals surface area contributed by atoms with Crippen molar-refractivity contribution in [3.8, 4) is 5.75 Å². The number of ether oxygens (including phenoxy) is 1. The quantitative estimate of drug-likeness (QED) is 0.578. The molecule has 0 aromatic heterocycles. The zero-order chi connectivity index (χ0) is 18.8. The van der Waals surface area contributed by atoms with Gasteiger partial charge >= 0.3 is 0 Å². The number of hydrogen-bond acceptors (Lipinski definition) is 3. The molecule has 6 nitrogen and oxygen atoms in total. The monoisotopic (exact) mass is 360 g/mol. The number of guanidine groups is 1. The number of piperidine rings is 1. The molecule has 1 amide bonds. The van der Waals surface area contributed by atoms with Crippen molar-refractivity contribution in [1.82, 2.24) is 15.5 Å². The average molecular weight is 361 g/mol. The summed E-state index contributed by atoms with van der Waals surface area (Å²) in [5.41, 5.74) is 0. The highest BCUT2D eigenvalue weighted by atomic mass is 16.5. The summed E-state index contributed by atoms with van der Waals surface area (Å²) in [6.45, 7) is 7.43. The van der Waals surface area contributed by atoms with Gasteiger partial charge < -0.3 is 20.3 Å². The molecular formula is C20H32N4O2. The largest absolute Gasteiger partial charge is 0.489 e. The maximum atomic E-state index is 11.6. The fourth-order valence-electron chi connectivity index (χ4n) is 3.12. The molecule has 1 fully saturated rings. The molecule has 6 heteroatoms. The third-order valence-electron chi connectivity index (χ3n) is 4.58. The molecule has 2 rings (SSSR count). The topological polar surface area (TPSA) is 66.0 Å². The van der Waals surface area contributed by atoms with Crippen molar-refractivity contribution in [3.05, 3.63) is 30.3 Å². The van der Waals surface area contributed by atoms with Crippen LogP contribution in [-0.4, -0.2) is 56.1 Å². The van der Waals surface area contributed by atoms with Crippen molar-refractivity contribution in [2.75, 3.05) is 33.2 Å². The molecule has 1 saturated heterocycles. The molecule has 1 aromatic rings. The molecule has 1 aromatic carbocycles. The molecule has 1 unspecified atom stereocenters. The van der Waals surface area contributed by atoms with Crippen molar-refractivity contribution in [1.29, 1.82) is 0 Å². The summed E-state index contributed by atoms with van der Waals surface area (Å²) in [5.74, 6) is 2.41. The third kappa shape index (κ3) is 6.58. The first kappa shape index (κ1) is 20.1. The second-order valence-corrected chi connectivity index (χ2v) is 6.74. The van der Waals surface area contributed by atoms with E-state index in [1.54, 1.807) is 7.05 Å². The molecule has 0 aliphatic carbocycles. The van der Waals surface area contributed by atoms with E-state index in [1.165, 1.54) is 0 Å². The summed E-state index contributed by atoms with van der Waals surface area (Å²) in [4.78, 5) is 18.6. The first-order chi connectivity index (χ1) is 12.6. The van der Waals surface area contributed by atoms with Crippen LogP contribution in [0.1, 0.15) is 33.1 Å². The van der Waals surface area contributed by atoms with Gasteiger partial charge in [0, 0.05) is 33.1 Å². The summed E-state index contributed by atoms with van der Waals surface area (Å²) in [5, 5.41) is 6.10. The predicted molar refractivity (Wildman–Crippen MR) is 105 cm³/mol. The van der Waals surface area contributed by atoms with Gasteiger partial charge in [-0.2, -0.15) is 0 Å². The first-order valence-electron chi connectivity index (χ1n) is 9.58. The summed E-state index contributed by atoms with van der Waals surface area (Å²) >= 11 is 0. The zero-order valence-corrected chi connectivity index (χ0v) is 16.2. The first-order valence-corrected chi connectivity index (χ1v) is 9.58. The van der Waals surface area contributed by atoms with Gasteiger partial charge in [-0.05, 0) is 44.7 Å². The minimum absolute atomic E-state index is 0.0110. The van der Waals surface area contributed by atoms with Crippen LogP contribution in [0.25, 0.3) is 0 Å². The van der Waals surface area contributed by atoms with E-state index in [0.717, 1.165) is 44.2 Å². The number of nitrogens with zero attached hydrogens (tertiary/aromatic N) is 2. The lowest BCUT2D eigenvalue weighted by molar-refractivity contribution is -0.121. The molecule has 2 N–H and O–H groups in total. The van der Waals surface area contributed by atoms with E-state index in [0.29, 0.717) is 18.9 Å². The number of aliphatic imine (C=N–C) groups is 1. The van der Waals surface area contributed by atoms with E-state index >= 15 is 0 Å². The number of rotatable bonds is 7. The van der Waals surface area contributed by atoms with Crippen LogP contribution in [0.4, 0.5) is 0 Å². The Bertz CT molecular complexity index is 568. The molecule has 1 aliphatic rings. The number of amides is 1. The van der Waals surface area contributed by atoms with Gasteiger partial charge in [0.05, 0.1) is 6.54 Å². The second kappa shape index (κ2) is 10.7. The standard InChI is InChI=1S/C20H32N4O2/c1-4-22-20(23-15-16(2)26-18-8-6-5-7-9-18)24-12-10-17(11-13-24)14-19(25)21-3/h5-9,16-17H,4,10-15H2,1-3H3,(H,21,25)(H,22,23). The van der Waals surface area contributed by atoms with E-state index in [1.807, 2.05) is 37.3 Å². The van der Waals surface area contributed by atoms with Crippen molar-refractivity contribution in [2.45, 2.75) is 39.2 Å². The van der Waals surface area contributed by atoms with Crippen molar-refractivity contribution >= 4 is 11.9 Å². The molecular weight excluding hydrogens is 328 g/mol. The Balaban J connectivity index is 1.85. The molecule has 1 atom stereocenters. The summed E-state index contributed by atoms with van der Waals surface area (Å²) in [6.07, 6.45) is 2.68. The number of carbonyl (C=O) groups excluding carboxylic acids is 1. The van der Waals surface area contributed by atoms with Gasteiger partial charge in [-0.1, -0.05) is 18.2 Å². The van der Waals surface area contributed by atoms with Crippen LogP contribution in [-0.2, 0) is 4.79 Å². The summed E-state index contributed by atoms with van der Waals surface area (Å²) < 4.78 is 5.91. The Labute approximate surface area is 157 Å². The lowest BCUT2D eigenvalue weighted by Crippen LogP contribution is -2.46. The normalized spacial score (nSPS) is 16.9. The van der Waals surface area contributed by atoms with Gasteiger partial charge in [0.1, 0.15) is 11.9 Å². The minimum atomic E-state index is 0.0110. The molecule has 1 heterocycles. The van der Waals surface area contributed by atoms with Gasteiger partial charge in [-0.3, -0.25) is 4.79 Å². The SMILES string of the molecule is CCNC(=NCC(C)Oc1ccccc1)N1CCC(CC(=O)NC)CC1. The number of para-hydroxylation sites is 1. The van der Waals surface area contributed by atoms with Gasteiger partial charge in [0.2, 0.25) is 5.91 Å². The van der Waals surface area contributed by atoms with E-state index in [9.17, 15) is 4.79 Å². The van der Waals surface area contributed by atoms with Gasteiger partial charge in [0.25, 0.3) is 0 Å². The van der Waals surface area contributed by atoms with Crippen LogP contribution in [0.3, 0.4) is 0 Å². The maximum Gasteiger partial charge on any atom is 0.220 e. The van der Waals surface area contributed by atoms with Crippen molar-refractivity contribution in [3.63, 3.8) is 0 Å². The number of carbonyl (C=O) groups is 1. The second-order valence-electron chi connectivity index (χ2n) is 6.74. The van der Waals surface area contributed by atoms with Crippen LogP contribution in [0.5, 0.6) is 5.75 Å². The highest BCUT2D eigenvalue weighted by Gasteiger charge is 2.23. The zero-order valence-electron chi connectivity index (χ0n) is 16.2. The summed E-state index contributed by atoms with van der Waals surface area (Å²) in [7, 11) is 1.70. The van der Waals surface area contributed by atoms with Crippen LogP contribution in [0, 0.1) is 5.92 Å². The lowest BCUT2D eigenvalue weighted by atomic mass is 9.93. The van der Waals surface area contributed by atoms with E-state index in [4.69, 9.17) is 9.73 Å². The van der Waals surface area contributed by atoms with Crippen LogP contribution < -0.4 is 15.4 Å². The van der Waals surface area contributed by atoms with Crippen molar-refractivity contribution in [2.24, 2.45) is 10.9 Å². The van der Waals surface area contributed by atoms with Crippen molar-refractivity contribution < 1.29 is 9.53 Å². The fraction of sp³-hybridized carbons (Fsp3) is 0.600. The Morgan fingerprint density at radius 1 is 1.31 bits per heavy atom. The van der Waals surface area contributed by atoms with Gasteiger partial charge in [-0.15, -0.1) is 0 Å². The Morgan fingerprint density at radius 3 is 2.62 bits per heavy atom. The van der Waals surface area contributed by atoms with Crippen LogP contribution in [0.2, 0.25) is 0 Å². The number of benzene rings is 1. The van der Waals surface area contributed by atoms with Gasteiger partial charge in [0.15, 0.2) is 5.96 Å². The van der Waals surface area contributed by atoms with Crippen LogP contribution in [0.15, 0.2) is 35.3 Å². The third-order valence-corrected chi connectivity index (χ3v) is 4.58. The molecule has 26 heavy (non-hydrogen) atoms. The minimum Gasteiger partial charge on any atom is -0.489 e. The maximum absolute atomic E-state index is 11.6. The summed E-state index contributed by atoms with van der Waals surface area (Å²) in [6, 6.07) is 9.84. The highest BCUT2D eigenvalue weighted by molar-refractivity contribution is 5.80. The molecule has 0 saturated carbocycles. The Hall–Kier alpha value is -2.24. The smallest absolute Gasteiger partial charge is 0.220 e. The number of nitrogens with one attached hydrogen (secondary N) is 2. The fourth-order valence-corrected chi connectivity index (χ4v) is 3.12. The number of likely N-dealkylation sites (tertiary alicyclic amines) is 1. The van der Waals surface area contributed by atoms with E-state index < -0.39 is 0 Å². The van der Waals surface area contributed by atoms with E-state index in [-0.39, 0.29) is 12.0 Å². The molecule has 1 aliphatic heterocycles. The van der Waals surface area contributed by atoms with E-state index in [2.05, 4.69) is 22.5 Å². The van der Waals surface area contributed by atoms with Gasteiger partial charge in [-0.25, -0.2) is 4.99 Å². The Kier molecular flexibility index (Phi) is 8.25. The number of hydrogen-bond donors (Lipinski definition) is 2. The Morgan fingerprint density at radius 2 is 2.00 bits per heavy atom. The molecule has 144 valence electrons. The molecule has 0 bridgehead atoms. The van der Waals surface area contributed by atoms with Crippen LogP contribution >= 0.6 is 0 Å². The molecule has 0 radical (unpaired) electrons.